The Bertz CT molecular complexity index is 1750. The Labute approximate surface area is 513 Å². The van der Waals surface area contributed by atoms with Crippen LogP contribution in [0, 0.1) is 0 Å². The molecule has 0 aliphatic rings. The summed E-state index contributed by atoms with van der Waals surface area (Å²) in [6.45, 7) is 6.36. The van der Waals surface area contributed by atoms with Crippen LogP contribution >= 0.6 is 0 Å². The molecule has 0 amide bonds. The van der Waals surface area contributed by atoms with Gasteiger partial charge in [-0.3, -0.25) is 14.4 Å². The van der Waals surface area contributed by atoms with Crippen molar-refractivity contribution in [3.8, 4) is 0 Å². The molecule has 0 bridgehead atoms. The van der Waals surface area contributed by atoms with Crippen LogP contribution in [0.4, 0.5) is 0 Å². The van der Waals surface area contributed by atoms with Gasteiger partial charge in [0.15, 0.2) is 6.10 Å². The smallest absolute Gasteiger partial charge is 0.306 e. The van der Waals surface area contributed by atoms with Gasteiger partial charge in [-0.05, 0) is 122 Å². The molecule has 83 heavy (non-hydrogen) atoms. The van der Waals surface area contributed by atoms with E-state index in [0.717, 1.165) is 103 Å². The highest BCUT2D eigenvalue weighted by Gasteiger charge is 2.19. The zero-order chi connectivity index (χ0) is 59.9. The number of carbonyl (C=O) groups excluding carboxylic acids is 3. The van der Waals surface area contributed by atoms with E-state index in [4.69, 9.17) is 14.2 Å². The summed E-state index contributed by atoms with van der Waals surface area (Å²) < 4.78 is 16.9. The molecule has 0 aliphatic heterocycles. The van der Waals surface area contributed by atoms with Gasteiger partial charge in [0.25, 0.3) is 0 Å². The highest BCUT2D eigenvalue weighted by molar-refractivity contribution is 5.71. The molecule has 1 unspecified atom stereocenters. The number of hydrogen-bond acceptors (Lipinski definition) is 6. The molecule has 0 saturated carbocycles. The van der Waals surface area contributed by atoms with Crippen molar-refractivity contribution in [3.63, 3.8) is 0 Å². The number of allylic oxidation sites excluding steroid dienone is 22. The second-order valence-electron chi connectivity index (χ2n) is 22.7. The molecule has 0 aromatic carbocycles. The Morgan fingerprint density at radius 2 is 0.494 bits per heavy atom. The minimum Gasteiger partial charge on any atom is -0.462 e. The molecule has 0 N–H and O–H groups in total. The summed E-state index contributed by atoms with van der Waals surface area (Å²) in [5.41, 5.74) is 0. The van der Waals surface area contributed by atoms with E-state index in [1.54, 1.807) is 0 Å². The largest absolute Gasteiger partial charge is 0.462 e. The molecule has 0 radical (unpaired) electrons. The average Bonchev–Trinajstić information content (AvgIpc) is 3.49. The normalized spacial score (nSPS) is 13.0. The van der Waals surface area contributed by atoms with Crippen LogP contribution in [-0.4, -0.2) is 37.2 Å². The van der Waals surface area contributed by atoms with E-state index >= 15 is 0 Å². The highest BCUT2D eigenvalue weighted by atomic mass is 16.6. The third kappa shape index (κ3) is 68.2. The van der Waals surface area contributed by atoms with Crippen molar-refractivity contribution in [2.45, 2.75) is 322 Å². The van der Waals surface area contributed by atoms with Crippen LogP contribution < -0.4 is 0 Å². The number of rotatable bonds is 62. The molecule has 0 aromatic heterocycles. The van der Waals surface area contributed by atoms with Crippen molar-refractivity contribution < 1.29 is 28.6 Å². The summed E-state index contributed by atoms with van der Waals surface area (Å²) in [6.07, 6.45) is 99.2. The first-order chi connectivity index (χ1) is 41.0. The zero-order valence-electron chi connectivity index (χ0n) is 54.2. The quantitative estimate of drug-likeness (QED) is 0.0261. The third-order valence-electron chi connectivity index (χ3n) is 14.6. The van der Waals surface area contributed by atoms with Crippen LogP contribution in [0.2, 0.25) is 0 Å². The van der Waals surface area contributed by atoms with Gasteiger partial charge in [-0.15, -0.1) is 0 Å². The molecule has 0 heterocycles. The van der Waals surface area contributed by atoms with Gasteiger partial charge in [0, 0.05) is 19.3 Å². The Kier molecular flexibility index (Phi) is 66.3. The average molecular weight is 1150 g/mol. The molecule has 0 fully saturated rings. The second-order valence-corrected chi connectivity index (χ2v) is 22.7. The fraction of sp³-hybridized carbons (Fsp3) is 0.675. The predicted molar refractivity (Wildman–Crippen MR) is 362 cm³/mol. The predicted octanol–water partition coefficient (Wildman–Crippen LogP) is 24.1. The van der Waals surface area contributed by atoms with Gasteiger partial charge in [-0.1, -0.05) is 309 Å². The molecule has 0 spiro atoms. The third-order valence-corrected chi connectivity index (χ3v) is 14.6. The van der Waals surface area contributed by atoms with E-state index in [-0.39, 0.29) is 37.5 Å². The molecule has 1 atom stereocenters. The van der Waals surface area contributed by atoms with Gasteiger partial charge in [-0.25, -0.2) is 0 Å². The summed E-state index contributed by atoms with van der Waals surface area (Å²) in [6, 6.07) is 0. The first-order valence-electron chi connectivity index (χ1n) is 34.7. The fourth-order valence-corrected chi connectivity index (χ4v) is 9.52. The Morgan fingerprint density at radius 3 is 0.807 bits per heavy atom. The zero-order valence-corrected chi connectivity index (χ0v) is 54.2. The number of carbonyl (C=O) groups is 3. The van der Waals surface area contributed by atoms with E-state index in [1.807, 2.05) is 6.08 Å². The fourth-order valence-electron chi connectivity index (χ4n) is 9.52. The molecule has 0 aromatic rings. The first-order valence-corrected chi connectivity index (χ1v) is 34.7. The first kappa shape index (κ1) is 78.5. The monoisotopic (exact) mass is 1150 g/mol. The summed E-state index contributed by atoms with van der Waals surface area (Å²) in [5, 5.41) is 0. The number of ether oxygens (including phenoxy) is 3. The van der Waals surface area contributed by atoms with Crippen molar-refractivity contribution in [1.82, 2.24) is 0 Å². The van der Waals surface area contributed by atoms with Gasteiger partial charge in [0.05, 0.1) is 0 Å². The lowest BCUT2D eigenvalue weighted by Gasteiger charge is -2.18. The molecule has 6 heteroatoms. The van der Waals surface area contributed by atoms with Gasteiger partial charge in [0.2, 0.25) is 0 Å². The van der Waals surface area contributed by atoms with Crippen molar-refractivity contribution >= 4 is 17.9 Å². The number of hydrogen-bond donors (Lipinski definition) is 0. The van der Waals surface area contributed by atoms with Crippen LogP contribution in [0.5, 0.6) is 0 Å². The number of esters is 3. The lowest BCUT2D eigenvalue weighted by molar-refractivity contribution is -0.166. The SMILES string of the molecule is CC/C=C\C/C=C\C/C=C\C/C=C\CCCCCCCCCCCCCCC(=O)OC(COC(=O)CC/C=C\C/C=C\C/C=C\C/C=C\CC)COC(=O)CCCCCCCCCCCCCC/C=C\C/C=C\C/C=C\CCCCCCC. The lowest BCUT2D eigenvalue weighted by Crippen LogP contribution is -2.30. The molecular formula is C77H128O6. The summed E-state index contributed by atoms with van der Waals surface area (Å²) >= 11 is 0. The van der Waals surface area contributed by atoms with E-state index in [2.05, 4.69) is 148 Å². The number of unbranched alkanes of at least 4 members (excludes halogenated alkanes) is 29. The van der Waals surface area contributed by atoms with Gasteiger partial charge < -0.3 is 14.2 Å². The molecule has 0 rings (SSSR count). The summed E-state index contributed by atoms with van der Waals surface area (Å²) in [4.78, 5) is 38.4. The van der Waals surface area contributed by atoms with Crippen molar-refractivity contribution in [2.24, 2.45) is 0 Å². The standard InChI is InChI=1S/C77H128O6/c1-4-7-10-13-16-19-22-25-27-29-31-33-35-37-38-40-41-43-45-47-49-52-55-58-61-64-67-70-76(79)82-73-74(72-81-75(78)69-66-63-60-57-54-51-24-21-18-15-12-9-6-3)83-77(80)71-68-65-62-59-56-53-50-48-46-44-42-39-36-34-32-30-28-26-23-20-17-14-11-8-5-2/h8-9,11-12,17-18,20-22,25-26,28-29,31-32,34-35,37,51,54,60,63,74H,4-7,10,13-16,19,23-24,27,30,33,36,38-50,52-53,55-59,61-62,64-73H2,1-3H3/b11-8-,12-9-,20-17-,21-18-,25-22-,28-26-,31-29-,34-32-,37-35-,54-51-,63-60-. The lowest BCUT2D eigenvalue weighted by atomic mass is 10.0. The van der Waals surface area contributed by atoms with Crippen LogP contribution in [0.3, 0.4) is 0 Å². The van der Waals surface area contributed by atoms with Gasteiger partial charge in [-0.2, -0.15) is 0 Å². The Morgan fingerprint density at radius 1 is 0.253 bits per heavy atom. The Balaban J connectivity index is 4.33. The van der Waals surface area contributed by atoms with Crippen molar-refractivity contribution in [2.75, 3.05) is 13.2 Å². The van der Waals surface area contributed by atoms with E-state index in [0.29, 0.717) is 19.3 Å². The van der Waals surface area contributed by atoms with Gasteiger partial charge >= 0.3 is 17.9 Å². The van der Waals surface area contributed by atoms with E-state index in [1.165, 1.54) is 167 Å². The molecular weight excluding hydrogens is 1020 g/mol. The maximum absolute atomic E-state index is 12.9. The maximum Gasteiger partial charge on any atom is 0.306 e. The molecule has 0 saturated heterocycles. The van der Waals surface area contributed by atoms with Gasteiger partial charge in [0.1, 0.15) is 13.2 Å². The highest BCUT2D eigenvalue weighted by Crippen LogP contribution is 2.16. The summed E-state index contributed by atoms with van der Waals surface area (Å²) in [7, 11) is 0. The van der Waals surface area contributed by atoms with Crippen LogP contribution in [0.1, 0.15) is 316 Å². The van der Waals surface area contributed by atoms with Crippen LogP contribution in [-0.2, 0) is 28.6 Å². The topological polar surface area (TPSA) is 78.9 Å². The van der Waals surface area contributed by atoms with Crippen molar-refractivity contribution in [1.29, 1.82) is 0 Å². The summed E-state index contributed by atoms with van der Waals surface area (Å²) in [5.74, 6) is -0.986. The van der Waals surface area contributed by atoms with Crippen molar-refractivity contribution in [3.05, 3.63) is 134 Å². The molecule has 0 aliphatic carbocycles. The maximum atomic E-state index is 12.9. The second kappa shape index (κ2) is 70.0. The Hall–Kier alpha value is -4.45. The minimum atomic E-state index is -0.814. The van der Waals surface area contributed by atoms with E-state index in [9.17, 15) is 14.4 Å². The molecule has 6 nitrogen and oxygen atoms in total. The van der Waals surface area contributed by atoms with Crippen LogP contribution in [0.25, 0.3) is 0 Å². The minimum absolute atomic E-state index is 0.104. The molecule has 472 valence electrons. The van der Waals surface area contributed by atoms with E-state index < -0.39 is 6.10 Å². The van der Waals surface area contributed by atoms with Crippen LogP contribution in [0.15, 0.2) is 134 Å².